The first-order valence-corrected chi connectivity index (χ1v) is 9.37. The number of nitrogens with one attached hydrogen (secondary N) is 1. The number of nitriles is 1. The van der Waals surface area contributed by atoms with E-state index in [1.807, 2.05) is 0 Å². The Hall–Kier alpha value is -3.18. The summed E-state index contributed by atoms with van der Waals surface area (Å²) in [5.41, 5.74) is -0.881. The van der Waals surface area contributed by atoms with E-state index >= 15 is 0 Å². The second-order valence-corrected chi connectivity index (χ2v) is 7.23. The quantitative estimate of drug-likeness (QED) is 0.598. The number of pyridine rings is 1. The molecule has 30 heavy (non-hydrogen) atoms. The molecule has 1 aliphatic carbocycles. The number of hydrogen-bond acceptors (Lipinski definition) is 4. The Morgan fingerprint density at radius 3 is 2.70 bits per heavy atom. The number of fused-ring (bicyclic) bond motifs is 1. The zero-order valence-corrected chi connectivity index (χ0v) is 15.7. The summed E-state index contributed by atoms with van der Waals surface area (Å²) in [6.45, 7) is 0.333. The van der Waals surface area contributed by atoms with Crippen molar-refractivity contribution in [2.45, 2.75) is 37.7 Å². The third-order valence-electron chi connectivity index (χ3n) is 5.26. The Morgan fingerprint density at radius 2 is 1.97 bits per heavy atom. The number of nitrogens with zero attached hydrogens (tertiary/aromatic N) is 2. The van der Waals surface area contributed by atoms with Gasteiger partial charge in [-0.05, 0) is 54.6 Å². The van der Waals surface area contributed by atoms with Gasteiger partial charge in [0.15, 0.2) is 0 Å². The highest BCUT2D eigenvalue weighted by atomic mass is 19.4. The second-order valence-electron chi connectivity index (χ2n) is 7.23. The summed E-state index contributed by atoms with van der Waals surface area (Å²) < 4.78 is 59.1. The van der Waals surface area contributed by atoms with Crippen molar-refractivity contribution in [1.29, 1.82) is 5.26 Å². The van der Waals surface area contributed by atoms with Crippen molar-refractivity contribution in [1.82, 2.24) is 10.3 Å². The molecule has 4 nitrogen and oxygen atoms in total. The second kappa shape index (κ2) is 7.92. The highest BCUT2D eigenvalue weighted by Crippen LogP contribution is 2.35. The zero-order valence-electron chi connectivity index (χ0n) is 15.7. The molecule has 0 spiro atoms. The molecule has 0 unspecified atom stereocenters. The van der Waals surface area contributed by atoms with Crippen LogP contribution >= 0.6 is 0 Å². The van der Waals surface area contributed by atoms with Crippen LogP contribution in [0.3, 0.4) is 0 Å². The number of halogens is 4. The summed E-state index contributed by atoms with van der Waals surface area (Å²) in [5.74, 6) is -0.219. The maximum absolute atomic E-state index is 14.3. The Morgan fingerprint density at radius 1 is 1.17 bits per heavy atom. The number of alkyl halides is 3. The highest BCUT2D eigenvalue weighted by Gasteiger charge is 2.35. The number of benzene rings is 2. The fourth-order valence-electron chi connectivity index (χ4n) is 3.58. The number of hydrogen-bond donors (Lipinski definition) is 1. The van der Waals surface area contributed by atoms with E-state index < -0.39 is 17.3 Å². The predicted octanol–water partition coefficient (Wildman–Crippen LogP) is 4.96. The first-order chi connectivity index (χ1) is 14.3. The van der Waals surface area contributed by atoms with Crippen LogP contribution in [0.5, 0.6) is 5.75 Å². The van der Waals surface area contributed by atoms with E-state index in [4.69, 9.17) is 10.00 Å². The van der Waals surface area contributed by atoms with E-state index in [1.165, 1.54) is 12.1 Å². The Balaban J connectivity index is 1.36. The molecule has 4 rings (SSSR count). The molecule has 0 radical (unpaired) electrons. The number of ether oxygens (including phenoxy) is 1. The van der Waals surface area contributed by atoms with Crippen LogP contribution in [-0.4, -0.2) is 17.1 Å². The van der Waals surface area contributed by atoms with Crippen molar-refractivity contribution < 1.29 is 22.3 Å². The SMILES string of the molecule is N#Cc1ccc(O[C@H]2C[C@H](NCc3c(F)ccc4cnccc34)C2)cc1C(F)(F)F. The van der Waals surface area contributed by atoms with Crippen LogP contribution in [0, 0.1) is 17.1 Å². The molecule has 0 aliphatic heterocycles. The molecule has 1 aliphatic rings. The molecular formula is C22H17F4N3O. The highest BCUT2D eigenvalue weighted by molar-refractivity contribution is 5.84. The lowest BCUT2D eigenvalue weighted by Gasteiger charge is -2.36. The van der Waals surface area contributed by atoms with Gasteiger partial charge in [0.05, 0.1) is 17.2 Å². The Bertz CT molecular complexity index is 1120. The normalized spacial score (nSPS) is 18.6. The molecule has 1 aromatic heterocycles. The van der Waals surface area contributed by atoms with Crippen molar-refractivity contribution >= 4 is 10.8 Å². The van der Waals surface area contributed by atoms with E-state index in [9.17, 15) is 17.6 Å². The minimum atomic E-state index is -4.62. The zero-order chi connectivity index (χ0) is 21.3. The molecule has 1 heterocycles. The number of aromatic nitrogens is 1. The van der Waals surface area contributed by atoms with Crippen molar-refractivity contribution in [2.24, 2.45) is 0 Å². The molecule has 2 aromatic carbocycles. The summed E-state index contributed by atoms with van der Waals surface area (Å²) in [4.78, 5) is 4.04. The van der Waals surface area contributed by atoms with Gasteiger partial charge in [-0.3, -0.25) is 4.98 Å². The number of rotatable bonds is 5. The van der Waals surface area contributed by atoms with Crippen molar-refractivity contribution in [3.05, 3.63) is 71.3 Å². The monoisotopic (exact) mass is 415 g/mol. The fraction of sp³-hybridized carbons (Fsp3) is 0.273. The van der Waals surface area contributed by atoms with Crippen LogP contribution in [0.1, 0.15) is 29.5 Å². The van der Waals surface area contributed by atoms with Crippen LogP contribution in [0.2, 0.25) is 0 Å². The summed E-state index contributed by atoms with van der Waals surface area (Å²) in [6, 6.07) is 9.83. The molecule has 154 valence electrons. The van der Waals surface area contributed by atoms with Gasteiger partial charge >= 0.3 is 6.18 Å². The predicted molar refractivity (Wildman–Crippen MR) is 102 cm³/mol. The summed E-state index contributed by atoms with van der Waals surface area (Å²) in [6.07, 6.45) is -0.376. The lowest BCUT2D eigenvalue weighted by molar-refractivity contribution is -0.138. The molecule has 0 bridgehead atoms. The van der Waals surface area contributed by atoms with Gasteiger partial charge in [0.25, 0.3) is 0 Å². The fourth-order valence-corrected chi connectivity index (χ4v) is 3.58. The molecule has 0 amide bonds. The summed E-state index contributed by atoms with van der Waals surface area (Å²) >= 11 is 0. The standard InChI is InChI=1S/C22H17F4N3O/c23-21-4-2-14-11-28-6-5-18(14)19(21)12-29-15-7-17(8-15)30-16-3-1-13(10-27)20(9-16)22(24,25)26/h1-6,9,11,15,17,29H,7-8,12H2/t15-,17-. The van der Waals surface area contributed by atoms with Gasteiger partial charge in [-0.15, -0.1) is 0 Å². The molecule has 1 saturated carbocycles. The topological polar surface area (TPSA) is 57.9 Å². The van der Waals surface area contributed by atoms with Crippen LogP contribution in [0.15, 0.2) is 48.8 Å². The van der Waals surface area contributed by atoms with Crippen molar-refractivity contribution in [2.75, 3.05) is 0 Å². The first-order valence-electron chi connectivity index (χ1n) is 9.37. The molecule has 8 heteroatoms. The van der Waals surface area contributed by atoms with E-state index in [0.29, 0.717) is 24.9 Å². The third kappa shape index (κ3) is 4.07. The van der Waals surface area contributed by atoms with Crippen LogP contribution in [0.25, 0.3) is 10.8 Å². The minimum absolute atomic E-state index is 0.0759. The van der Waals surface area contributed by atoms with Crippen LogP contribution < -0.4 is 10.1 Å². The van der Waals surface area contributed by atoms with Gasteiger partial charge < -0.3 is 10.1 Å². The lowest BCUT2D eigenvalue weighted by atomic mass is 9.89. The average molecular weight is 415 g/mol. The van der Waals surface area contributed by atoms with Crippen molar-refractivity contribution in [3.63, 3.8) is 0 Å². The molecule has 1 N–H and O–H groups in total. The third-order valence-corrected chi connectivity index (χ3v) is 5.26. The summed E-state index contributed by atoms with van der Waals surface area (Å²) in [5, 5.41) is 13.8. The molecule has 0 saturated heterocycles. The molecule has 1 fully saturated rings. The van der Waals surface area contributed by atoms with Crippen molar-refractivity contribution in [3.8, 4) is 11.8 Å². The van der Waals surface area contributed by atoms with Crippen LogP contribution in [-0.2, 0) is 12.7 Å². The van der Waals surface area contributed by atoms with E-state index in [-0.39, 0.29) is 23.7 Å². The van der Waals surface area contributed by atoms with Gasteiger partial charge in [-0.2, -0.15) is 18.4 Å². The average Bonchev–Trinajstić information content (AvgIpc) is 2.70. The minimum Gasteiger partial charge on any atom is -0.490 e. The summed E-state index contributed by atoms with van der Waals surface area (Å²) in [7, 11) is 0. The van der Waals surface area contributed by atoms with Crippen LogP contribution in [0.4, 0.5) is 17.6 Å². The van der Waals surface area contributed by atoms with E-state index in [0.717, 1.165) is 22.9 Å². The molecule has 0 atom stereocenters. The maximum Gasteiger partial charge on any atom is 0.417 e. The Labute approximate surface area is 170 Å². The van der Waals surface area contributed by atoms with Gasteiger partial charge in [0.2, 0.25) is 0 Å². The van der Waals surface area contributed by atoms with E-state index in [1.54, 1.807) is 30.6 Å². The van der Waals surface area contributed by atoms with E-state index in [2.05, 4.69) is 10.3 Å². The lowest BCUT2D eigenvalue weighted by Crippen LogP contribution is -2.46. The van der Waals surface area contributed by atoms with Gasteiger partial charge in [0, 0.05) is 35.9 Å². The van der Waals surface area contributed by atoms with Gasteiger partial charge in [-0.25, -0.2) is 4.39 Å². The molecular weight excluding hydrogens is 398 g/mol. The molecule has 3 aromatic rings. The van der Waals surface area contributed by atoms with Gasteiger partial charge in [0.1, 0.15) is 17.7 Å². The Kier molecular flexibility index (Phi) is 5.31. The van der Waals surface area contributed by atoms with Gasteiger partial charge in [-0.1, -0.05) is 0 Å². The first kappa shape index (κ1) is 20.1. The smallest absolute Gasteiger partial charge is 0.417 e. The maximum atomic E-state index is 14.3. The largest absolute Gasteiger partial charge is 0.490 e.